The molecule has 0 saturated carbocycles. The number of aromatic nitrogens is 4. The van der Waals surface area contributed by atoms with Gasteiger partial charge in [-0.1, -0.05) is 15.9 Å². The third-order valence-electron chi connectivity index (χ3n) is 2.65. The normalized spacial score (nSPS) is 11.9. The molecule has 0 aliphatic carbocycles. The van der Waals surface area contributed by atoms with Crippen LogP contribution in [0.1, 0.15) is 11.4 Å². The molecule has 2 rings (SSSR count). The Hall–Kier alpha value is -3.01. The van der Waals surface area contributed by atoms with Crippen LogP contribution in [-0.2, 0) is 6.18 Å². The molecule has 0 atom stereocenters. The standard InChI is InChI=1S/C11H5BrF3N7O2/c12-6-1-7(11(13,14)15)9(8(2-6)22(23)24)17-4-5(3-16)10-18-20-21-19-10/h1-2,4,17H,(H,18,19,20,21). The van der Waals surface area contributed by atoms with Crippen molar-refractivity contribution in [2.45, 2.75) is 6.18 Å². The minimum absolute atomic E-state index is 0.116. The first-order valence-corrected chi connectivity index (χ1v) is 6.69. The Morgan fingerprint density at radius 3 is 2.71 bits per heavy atom. The van der Waals surface area contributed by atoms with E-state index < -0.39 is 28.0 Å². The van der Waals surface area contributed by atoms with Crippen LogP contribution in [0, 0.1) is 21.4 Å². The van der Waals surface area contributed by atoms with Gasteiger partial charge in [0.25, 0.3) is 5.69 Å². The number of aromatic amines is 1. The number of allylic oxidation sites excluding steroid dienone is 1. The number of halogens is 4. The zero-order valence-electron chi connectivity index (χ0n) is 11.3. The quantitative estimate of drug-likeness (QED) is 0.455. The van der Waals surface area contributed by atoms with Gasteiger partial charge < -0.3 is 5.32 Å². The number of hydrogen-bond donors (Lipinski definition) is 2. The molecule has 2 N–H and O–H groups in total. The van der Waals surface area contributed by atoms with Crippen LogP contribution in [0.4, 0.5) is 24.5 Å². The van der Waals surface area contributed by atoms with Crippen molar-refractivity contribution in [1.82, 2.24) is 20.6 Å². The lowest BCUT2D eigenvalue weighted by molar-refractivity contribution is -0.384. The highest BCUT2D eigenvalue weighted by Gasteiger charge is 2.37. The van der Waals surface area contributed by atoms with Crippen molar-refractivity contribution in [2.24, 2.45) is 0 Å². The number of tetrazole rings is 1. The number of nitro groups is 1. The van der Waals surface area contributed by atoms with E-state index in [9.17, 15) is 23.3 Å². The minimum Gasteiger partial charge on any atom is -0.354 e. The number of nitriles is 1. The molecule has 9 nitrogen and oxygen atoms in total. The van der Waals surface area contributed by atoms with Crippen LogP contribution in [0.25, 0.3) is 5.57 Å². The predicted molar refractivity (Wildman–Crippen MR) is 77.2 cm³/mol. The van der Waals surface area contributed by atoms with E-state index in [1.165, 1.54) is 0 Å². The summed E-state index contributed by atoms with van der Waals surface area (Å²) < 4.78 is 39.3. The van der Waals surface area contributed by atoms with E-state index >= 15 is 0 Å². The summed E-state index contributed by atoms with van der Waals surface area (Å²) in [5, 5.41) is 34.5. The molecule has 0 amide bonds. The summed E-state index contributed by atoms with van der Waals surface area (Å²) in [5.41, 5.74) is -3.18. The van der Waals surface area contributed by atoms with Gasteiger partial charge in [-0.3, -0.25) is 10.1 Å². The third kappa shape index (κ3) is 3.66. The Bertz CT molecular complexity index is 843. The predicted octanol–water partition coefficient (Wildman–Crippen LogP) is 2.87. The van der Waals surface area contributed by atoms with Crippen LogP contribution >= 0.6 is 15.9 Å². The molecule has 0 aliphatic rings. The summed E-state index contributed by atoms with van der Waals surface area (Å²) in [4.78, 5) is 10.1. The lowest BCUT2D eigenvalue weighted by Crippen LogP contribution is -2.11. The Morgan fingerprint density at radius 2 is 2.21 bits per heavy atom. The maximum atomic E-state index is 13.1. The summed E-state index contributed by atoms with van der Waals surface area (Å²) in [5.74, 6) is -0.182. The second-order valence-corrected chi connectivity index (χ2v) is 5.07. The molecule has 13 heteroatoms. The van der Waals surface area contributed by atoms with E-state index in [1.54, 1.807) is 6.07 Å². The number of benzene rings is 1. The lowest BCUT2D eigenvalue weighted by Gasteiger charge is -2.13. The summed E-state index contributed by atoms with van der Waals surface area (Å²) in [7, 11) is 0. The van der Waals surface area contributed by atoms with Crippen molar-refractivity contribution in [3.05, 3.63) is 44.3 Å². The average molecular weight is 404 g/mol. The highest BCUT2D eigenvalue weighted by Crippen LogP contribution is 2.42. The molecule has 0 unspecified atom stereocenters. The number of H-pyrrole nitrogens is 1. The molecular formula is C11H5BrF3N7O2. The van der Waals surface area contributed by atoms with Crippen LogP contribution < -0.4 is 5.32 Å². The Morgan fingerprint density at radius 1 is 1.50 bits per heavy atom. The van der Waals surface area contributed by atoms with Crippen molar-refractivity contribution in [3.63, 3.8) is 0 Å². The van der Waals surface area contributed by atoms with Crippen LogP contribution in [0.5, 0.6) is 0 Å². The van der Waals surface area contributed by atoms with Gasteiger partial charge in [0.2, 0.25) is 5.82 Å². The summed E-state index contributed by atoms with van der Waals surface area (Å²) in [6.45, 7) is 0. The van der Waals surface area contributed by atoms with E-state index in [4.69, 9.17) is 5.26 Å². The van der Waals surface area contributed by atoms with Gasteiger partial charge in [-0.25, -0.2) is 0 Å². The van der Waals surface area contributed by atoms with Gasteiger partial charge in [0.15, 0.2) is 0 Å². The van der Waals surface area contributed by atoms with Crippen LogP contribution in [-0.4, -0.2) is 25.5 Å². The summed E-state index contributed by atoms with van der Waals surface area (Å²) in [6.07, 6.45) is -4.03. The van der Waals surface area contributed by atoms with Gasteiger partial charge in [-0.2, -0.15) is 23.6 Å². The topological polar surface area (TPSA) is 133 Å². The molecular weight excluding hydrogens is 399 g/mol. The first kappa shape index (κ1) is 17.3. The van der Waals surface area contributed by atoms with Crippen molar-refractivity contribution in [2.75, 3.05) is 5.32 Å². The molecule has 0 radical (unpaired) electrons. The largest absolute Gasteiger partial charge is 0.418 e. The molecule has 1 aromatic heterocycles. The van der Waals surface area contributed by atoms with Crippen LogP contribution in [0.15, 0.2) is 22.8 Å². The molecule has 0 aliphatic heterocycles. The molecule has 0 bridgehead atoms. The van der Waals surface area contributed by atoms with Crippen LogP contribution in [0.2, 0.25) is 0 Å². The van der Waals surface area contributed by atoms with E-state index in [0.29, 0.717) is 6.07 Å². The van der Waals surface area contributed by atoms with Crippen molar-refractivity contribution < 1.29 is 18.1 Å². The maximum absolute atomic E-state index is 13.1. The molecule has 24 heavy (non-hydrogen) atoms. The smallest absolute Gasteiger partial charge is 0.354 e. The summed E-state index contributed by atoms with van der Waals surface area (Å²) >= 11 is 2.80. The summed E-state index contributed by atoms with van der Waals surface area (Å²) in [6, 6.07) is 3.24. The molecule has 2 aromatic rings. The van der Waals surface area contributed by atoms with Gasteiger partial charge in [-0.15, -0.1) is 10.2 Å². The van der Waals surface area contributed by atoms with Gasteiger partial charge in [0, 0.05) is 16.7 Å². The SMILES string of the molecule is N#CC(=CNc1c([N+](=O)[O-])cc(Br)cc1C(F)(F)F)c1nn[nH]n1. The second-order valence-electron chi connectivity index (χ2n) is 4.15. The number of alkyl halides is 3. The minimum atomic E-state index is -4.86. The first-order chi connectivity index (χ1) is 11.2. The lowest BCUT2D eigenvalue weighted by atomic mass is 10.1. The fourth-order valence-corrected chi connectivity index (χ4v) is 2.12. The monoisotopic (exact) mass is 403 g/mol. The Labute approximate surface area is 139 Å². The number of nitrogens with zero attached hydrogens (tertiary/aromatic N) is 5. The van der Waals surface area contributed by atoms with Gasteiger partial charge in [0.1, 0.15) is 17.3 Å². The van der Waals surface area contributed by atoms with Gasteiger partial charge in [0.05, 0.1) is 10.5 Å². The zero-order valence-corrected chi connectivity index (χ0v) is 12.9. The van der Waals surface area contributed by atoms with Crippen LogP contribution in [0.3, 0.4) is 0 Å². The van der Waals surface area contributed by atoms with Crippen molar-refractivity contribution in [1.29, 1.82) is 5.26 Å². The average Bonchev–Trinajstić information content (AvgIpc) is 3.01. The van der Waals surface area contributed by atoms with E-state index in [-0.39, 0.29) is 15.9 Å². The molecule has 124 valence electrons. The molecule has 0 fully saturated rings. The number of rotatable bonds is 4. The van der Waals surface area contributed by atoms with E-state index in [2.05, 4.69) is 41.9 Å². The zero-order chi connectivity index (χ0) is 17.9. The number of anilines is 1. The molecule has 0 spiro atoms. The molecule has 1 heterocycles. The number of nitrogens with one attached hydrogen (secondary N) is 2. The highest BCUT2D eigenvalue weighted by atomic mass is 79.9. The fourth-order valence-electron chi connectivity index (χ4n) is 1.68. The molecule has 1 aromatic carbocycles. The maximum Gasteiger partial charge on any atom is 0.418 e. The first-order valence-electron chi connectivity index (χ1n) is 5.89. The number of nitro benzene ring substituents is 1. The fraction of sp³-hybridized carbons (Fsp3) is 0.0909. The highest BCUT2D eigenvalue weighted by molar-refractivity contribution is 9.10. The number of hydrogen-bond acceptors (Lipinski definition) is 7. The van der Waals surface area contributed by atoms with Crippen molar-refractivity contribution in [3.8, 4) is 6.07 Å². The van der Waals surface area contributed by atoms with E-state index in [1.807, 2.05) is 0 Å². The second kappa shape index (κ2) is 6.62. The van der Waals surface area contributed by atoms with E-state index in [0.717, 1.165) is 12.3 Å². The Balaban J connectivity index is 2.56. The van der Waals surface area contributed by atoms with Gasteiger partial charge in [-0.05, 0) is 11.3 Å². The third-order valence-corrected chi connectivity index (χ3v) is 3.11. The molecule has 0 saturated heterocycles. The Kier molecular flexibility index (Phi) is 4.79. The van der Waals surface area contributed by atoms with Gasteiger partial charge >= 0.3 is 6.18 Å². The van der Waals surface area contributed by atoms with Crippen molar-refractivity contribution >= 4 is 32.9 Å².